The van der Waals surface area contributed by atoms with Crippen molar-refractivity contribution >= 4 is 6.03 Å². The molecule has 2 aromatic carbocycles. The first-order chi connectivity index (χ1) is 13.0. The first kappa shape index (κ1) is 20.7. The molecule has 0 aliphatic carbocycles. The summed E-state index contributed by atoms with van der Waals surface area (Å²) in [6, 6.07) is 14.5. The Balaban J connectivity index is 1.67. The van der Waals surface area contributed by atoms with Crippen LogP contribution in [0.15, 0.2) is 48.5 Å². The van der Waals surface area contributed by atoms with Crippen molar-refractivity contribution in [2.75, 3.05) is 27.3 Å². The molecule has 2 amide bonds. The molecule has 0 spiro atoms. The standard InChI is InChI=1S/C21H27FN2O3/c1-16(18-8-5-4-6-9-18)27-13-7-12-23-21(25)24(2)15-17-10-11-20(26-3)19(22)14-17/h4-6,8-11,14,16H,7,12-13,15H2,1-3H3,(H,23,25). The molecule has 0 heterocycles. The summed E-state index contributed by atoms with van der Waals surface area (Å²) in [5, 5.41) is 2.84. The van der Waals surface area contributed by atoms with Gasteiger partial charge in [0, 0.05) is 26.7 Å². The van der Waals surface area contributed by atoms with Crippen molar-refractivity contribution in [3.05, 3.63) is 65.5 Å². The largest absolute Gasteiger partial charge is 0.494 e. The van der Waals surface area contributed by atoms with Crippen molar-refractivity contribution in [1.29, 1.82) is 0 Å². The van der Waals surface area contributed by atoms with Crippen LogP contribution >= 0.6 is 0 Å². The Bertz CT molecular complexity index is 725. The van der Waals surface area contributed by atoms with Gasteiger partial charge in [0.2, 0.25) is 0 Å². The average molecular weight is 374 g/mol. The molecule has 5 nitrogen and oxygen atoms in total. The summed E-state index contributed by atoms with van der Waals surface area (Å²) in [7, 11) is 3.09. The Morgan fingerprint density at radius 3 is 2.63 bits per heavy atom. The highest BCUT2D eigenvalue weighted by molar-refractivity contribution is 5.73. The lowest BCUT2D eigenvalue weighted by Crippen LogP contribution is -2.37. The summed E-state index contributed by atoms with van der Waals surface area (Å²) in [5.74, 6) is -0.246. The van der Waals surface area contributed by atoms with Crippen LogP contribution in [0.5, 0.6) is 5.75 Å². The number of ether oxygens (including phenoxy) is 2. The van der Waals surface area contributed by atoms with E-state index in [0.717, 1.165) is 5.56 Å². The average Bonchev–Trinajstić information content (AvgIpc) is 2.68. The van der Waals surface area contributed by atoms with Crippen LogP contribution in [-0.2, 0) is 11.3 Å². The highest BCUT2D eigenvalue weighted by Crippen LogP contribution is 2.18. The van der Waals surface area contributed by atoms with Crippen LogP contribution in [0.4, 0.5) is 9.18 Å². The zero-order valence-corrected chi connectivity index (χ0v) is 16.1. The molecule has 2 rings (SSSR count). The van der Waals surface area contributed by atoms with Gasteiger partial charge in [-0.1, -0.05) is 36.4 Å². The van der Waals surface area contributed by atoms with E-state index in [4.69, 9.17) is 9.47 Å². The van der Waals surface area contributed by atoms with Crippen LogP contribution in [0, 0.1) is 5.82 Å². The molecule has 1 atom stereocenters. The summed E-state index contributed by atoms with van der Waals surface area (Å²) in [6.45, 7) is 3.40. The van der Waals surface area contributed by atoms with Gasteiger partial charge >= 0.3 is 6.03 Å². The molecule has 0 aliphatic heterocycles. The molecule has 0 bridgehead atoms. The smallest absolute Gasteiger partial charge is 0.317 e. The lowest BCUT2D eigenvalue weighted by molar-refractivity contribution is 0.0642. The maximum absolute atomic E-state index is 13.7. The summed E-state index contributed by atoms with van der Waals surface area (Å²) >= 11 is 0. The van der Waals surface area contributed by atoms with Crippen molar-refractivity contribution in [3.63, 3.8) is 0 Å². The molecule has 1 unspecified atom stereocenters. The second-order valence-electron chi connectivity index (χ2n) is 6.33. The van der Waals surface area contributed by atoms with Crippen molar-refractivity contribution in [3.8, 4) is 5.75 Å². The fourth-order valence-corrected chi connectivity index (χ4v) is 2.64. The molecule has 0 fully saturated rings. The number of benzene rings is 2. The number of rotatable bonds is 9. The molecule has 0 aliphatic rings. The predicted octanol–water partition coefficient (Wildman–Crippen LogP) is 4.14. The van der Waals surface area contributed by atoms with Gasteiger partial charge < -0.3 is 19.7 Å². The first-order valence-corrected chi connectivity index (χ1v) is 8.99. The topological polar surface area (TPSA) is 50.8 Å². The molecule has 0 saturated heterocycles. The number of carbonyl (C=O) groups excluding carboxylic acids is 1. The zero-order chi connectivity index (χ0) is 19.6. The molecule has 2 aromatic rings. The quantitative estimate of drug-likeness (QED) is 0.671. The number of methoxy groups -OCH3 is 1. The molecular formula is C21H27FN2O3. The summed E-state index contributed by atoms with van der Waals surface area (Å²) in [4.78, 5) is 13.6. The van der Waals surface area contributed by atoms with E-state index < -0.39 is 5.82 Å². The summed E-state index contributed by atoms with van der Waals surface area (Å²) in [6.07, 6.45) is 0.739. The van der Waals surface area contributed by atoms with Crippen molar-refractivity contribution in [2.24, 2.45) is 0 Å². The zero-order valence-electron chi connectivity index (χ0n) is 16.1. The SMILES string of the molecule is COc1ccc(CN(C)C(=O)NCCCOC(C)c2ccccc2)cc1F. The van der Waals surface area contributed by atoms with Gasteiger partial charge in [-0.25, -0.2) is 9.18 Å². The van der Waals surface area contributed by atoms with Crippen molar-refractivity contribution in [2.45, 2.75) is 26.0 Å². The predicted molar refractivity (Wildman–Crippen MR) is 103 cm³/mol. The first-order valence-electron chi connectivity index (χ1n) is 8.99. The second-order valence-corrected chi connectivity index (χ2v) is 6.33. The molecular weight excluding hydrogens is 347 g/mol. The van der Waals surface area contributed by atoms with Gasteiger partial charge in [0.15, 0.2) is 11.6 Å². The van der Waals surface area contributed by atoms with Crippen molar-refractivity contribution < 1.29 is 18.7 Å². The number of hydrogen-bond acceptors (Lipinski definition) is 3. The Morgan fingerprint density at radius 2 is 1.96 bits per heavy atom. The fraction of sp³-hybridized carbons (Fsp3) is 0.381. The van der Waals surface area contributed by atoms with Crippen LogP contribution < -0.4 is 10.1 Å². The van der Waals surface area contributed by atoms with E-state index in [2.05, 4.69) is 5.32 Å². The van der Waals surface area contributed by atoms with E-state index >= 15 is 0 Å². The third-order valence-corrected chi connectivity index (χ3v) is 4.22. The van der Waals surface area contributed by atoms with E-state index in [9.17, 15) is 9.18 Å². The van der Waals surface area contributed by atoms with E-state index in [1.54, 1.807) is 19.2 Å². The number of carbonyl (C=O) groups is 1. The number of nitrogens with one attached hydrogen (secondary N) is 1. The van der Waals surface area contributed by atoms with Crippen LogP contribution in [0.25, 0.3) is 0 Å². The number of nitrogens with zero attached hydrogens (tertiary/aromatic N) is 1. The fourth-order valence-electron chi connectivity index (χ4n) is 2.64. The van der Waals surface area contributed by atoms with Gasteiger partial charge in [0.05, 0.1) is 13.2 Å². The Kier molecular flexibility index (Phi) is 8.07. The molecule has 0 saturated carbocycles. The highest BCUT2D eigenvalue weighted by atomic mass is 19.1. The maximum Gasteiger partial charge on any atom is 0.317 e. The van der Waals surface area contributed by atoms with E-state index in [1.165, 1.54) is 18.1 Å². The molecule has 0 radical (unpaired) electrons. The monoisotopic (exact) mass is 374 g/mol. The minimum absolute atomic E-state index is 0.0227. The molecule has 0 aromatic heterocycles. The van der Waals surface area contributed by atoms with Gasteiger partial charge in [-0.15, -0.1) is 0 Å². The number of halogens is 1. The third-order valence-electron chi connectivity index (χ3n) is 4.22. The molecule has 27 heavy (non-hydrogen) atoms. The Hall–Kier alpha value is -2.60. The number of hydrogen-bond donors (Lipinski definition) is 1. The Labute approximate surface area is 160 Å². The maximum atomic E-state index is 13.7. The van der Waals surface area contributed by atoms with E-state index in [-0.39, 0.29) is 17.9 Å². The second kappa shape index (κ2) is 10.5. The van der Waals surface area contributed by atoms with Gasteiger partial charge in [-0.3, -0.25) is 0 Å². The molecule has 146 valence electrons. The van der Waals surface area contributed by atoms with Crippen molar-refractivity contribution in [1.82, 2.24) is 10.2 Å². The van der Waals surface area contributed by atoms with Crippen LogP contribution in [0.1, 0.15) is 30.6 Å². The van der Waals surface area contributed by atoms with E-state index in [1.807, 2.05) is 37.3 Å². The Morgan fingerprint density at radius 1 is 1.22 bits per heavy atom. The number of amides is 2. The number of urea groups is 1. The normalized spacial score (nSPS) is 11.7. The third kappa shape index (κ3) is 6.57. The highest BCUT2D eigenvalue weighted by Gasteiger charge is 2.11. The molecule has 6 heteroatoms. The van der Waals surface area contributed by atoms with Crippen LogP contribution in [0.3, 0.4) is 0 Å². The summed E-state index contributed by atoms with van der Waals surface area (Å²) in [5.41, 5.74) is 1.83. The minimum atomic E-state index is -0.437. The summed E-state index contributed by atoms with van der Waals surface area (Å²) < 4.78 is 24.4. The lowest BCUT2D eigenvalue weighted by atomic mass is 10.1. The van der Waals surface area contributed by atoms with Crippen LogP contribution in [-0.4, -0.2) is 38.2 Å². The van der Waals surface area contributed by atoms with Gasteiger partial charge in [-0.2, -0.15) is 0 Å². The van der Waals surface area contributed by atoms with Gasteiger partial charge in [0.1, 0.15) is 0 Å². The van der Waals surface area contributed by atoms with E-state index in [0.29, 0.717) is 31.7 Å². The van der Waals surface area contributed by atoms with Gasteiger partial charge in [-0.05, 0) is 36.6 Å². The molecule has 1 N–H and O–H groups in total. The van der Waals surface area contributed by atoms with Crippen LogP contribution in [0.2, 0.25) is 0 Å². The lowest BCUT2D eigenvalue weighted by Gasteiger charge is -2.19. The van der Waals surface area contributed by atoms with Gasteiger partial charge in [0.25, 0.3) is 0 Å². The minimum Gasteiger partial charge on any atom is -0.494 e.